The van der Waals surface area contributed by atoms with Gasteiger partial charge in [-0.05, 0) is 25.8 Å². The molecule has 1 saturated heterocycles. The van der Waals surface area contributed by atoms with E-state index in [0.717, 1.165) is 19.4 Å². The average molecular weight is 236 g/mol. The molecule has 6 heteroatoms. The fourth-order valence-corrected chi connectivity index (χ4v) is 2.72. The topological polar surface area (TPSA) is 67.4 Å². The Morgan fingerprint density at radius 3 is 2.93 bits per heavy atom. The van der Waals surface area contributed by atoms with Gasteiger partial charge in [-0.2, -0.15) is 0 Å². The van der Waals surface area contributed by atoms with Crippen LogP contribution in [0.1, 0.15) is 19.3 Å². The van der Waals surface area contributed by atoms with Crippen molar-refractivity contribution in [3.63, 3.8) is 0 Å². The van der Waals surface area contributed by atoms with Gasteiger partial charge in [0, 0.05) is 26.3 Å². The van der Waals surface area contributed by atoms with Gasteiger partial charge in [-0.1, -0.05) is 0 Å². The Morgan fingerprint density at radius 1 is 1.53 bits per heavy atom. The predicted octanol–water partition coefficient (Wildman–Crippen LogP) is -0.306. The van der Waals surface area contributed by atoms with Crippen LogP contribution in [-0.4, -0.2) is 47.0 Å². The molecule has 1 atom stereocenters. The standard InChI is InChI=1S/C9H20N2O3S/c1-14-6-3-7-15(12,13)11-8-9-4-2-5-10-9/h9-11H,2-8H2,1H3. The molecule has 2 N–H and O–H groups in total. The summed E-state index contributed by atoms with van der Waals surface area (Å²) in [7, 11) is -1.54. The van der Waals surface area contributed by atoms with Crippen molar-refractivity contribution >= 4 is 10.0 Å². The van der Waals surface area contributed by atoms with Gasteiger partial charge in [-0.3, -0.25) is 0 Å². The summed E-state index contributed by atoms with van der Waals surface area (Å²) >= 11 is 0. The lowest BCUT2D eigenvalue weighted by atomic mass is 10.2. The minimum Gasteiger partial charge on any atom is -0.385 e. The maximum absolute atomic E-state index is 11.5. The quantitative estimate of drug-likeness (QED) is 0.595. The second kappa shape index (κ2) is 6.42. The number of rotatable bonds is 7. The molecule has 1 unspecified atom stereocenters. The third-order valence-corrected chi connectivity index (χ3v) is 3.91. The van der Waals surface area contributed by atoms with Gasteiger partial charge in [0.1, 0.15) is 0 Å². The highest BCUT2D eigenvalue weighted by Crippen LogP contribution is 2.03. The zero-order chi connectivity index (χ0) is 11.1. The maximum Gasteiger partial charge on any atom is 0.211 e. The predicted molar refractivity (Wildman–Crippen MR) is 59.3 cm³/mol. The Balaban J connectivity index is 2.17. The number of hydrogen-bond acceptors (Lipinski definition) is 4. The Hall–Kier alpha value is -0.170. The van der Waals surface area contributed by atoms with Crippen LogP contribution in [0.4, 0.5) is 0 Å². The van der Waals surface area contributed by atoms with Crippen LogP contribution in [0.5, 0.6) is 0 Å². The zero-order valence-corrected chi connectivity index (χ0v) is 9.98. The first-order valence-corrected chi connectivity index (χ1v) is 6.99. The van der Waals surface area contributed by atoms with Crippen molar-refractivity contribution in [3.8, 4) is 0 Å². The van der Waals surface area contributed by atoms with Crippen molar-refractivity contribution in [1.29, 1.82) is 0 Å². The molecule has 0 radical (unpaired) electrons. The number of nitrogens with one attached hydrogen (secondary N) is 2. The molecule has 5 nitrogen and oxygen atoms in total. The first-order chi connectivity index (χ1) is 7.14. The molecule has 1 fully saturated rings. The molecule has 1 aliphatic heterocycles. The van der Waals surface area contributed by atoms with E-state index in [0.29, 0.717) is 25.6 Å². The van der Waals surface area contributed by atoms with Gasteiger partial charge in [0.2, 0.25) is 10.0 Å². The molecule has 0 amide bonds. The summed E-state index contributed by atoms with van der Waals surface area (Å²) in [5.41, 5.74) is 0. The minimum atomic E-state index is -3.11. The third-order valence-electron chi connectivity index (χ3n) is 2.47. The van der Waals surface area contributed by atoms with Crippen LogP contribution < -0.4 is 10.0 Å². The van der Waals surface area contributed by atoms with Gasteiger partial charge in [-0.25, -0.2) is 13.1 Å². The maximum atomic E-state index is 11.5. The lowest BCUT2D eigenvalue weighted by Gasteiger charge is -2.11. The molecule has 90 valence electrons. The minimum absolute atomic E-state index is 0.146. The summed E-state index contributed by atoms with van der Waals surface area (Å²) < 4.78 is 30.4. The van der Waals surface area contributed by atoms with E-state index in [-0.39, 0.29) is 5.75 Å². The van der Waals surface area contributed by atoms with Crippen LogP contribution in [0.3, 0.4) is 0 Å². The monoisotopic (exact) mass is 236 g/mol. The Bertz CT molecular complexity index is 261. The molecule has 1 heterocycles. The van der Waals surface area contributed by atoms with Crippen molar-refractivity contribution in [3.05, 3.63) is 0 Å². The molecule has 0 aromatic carbocycles. The van der Waals surface area contributed by atoms with E-state index in [1.807, 2.05) is 0 Å². The Labute approximate surface area is 91.6 Å². The fraction of sp³-hybridized carbons (Fsp3) is 1.00. The van der Waals surface area contributed by atoms with E-state index in [1.54, 1.807) is 7.11 Å². The largest absolute Gasteiger partial charge is 0.385 e. The molecule has 0 bridgehead atoms. The van der Waals surface area contributed by atoms with E-state index in [4.69, 9.17) is 4.74 Å². The first-order valence-electron chi connectivity index (χ1n) is 5.34. The molecule has 0 aliphatic carbocycles. The Morgan fingerprint density at radius 2 is 2.33 bits per heavy atom. The highest BCUT2D eigenvalue weighted by atomic mass is 32.2. The van der Waals surface area contributed by atoms with Crippen LogP contribution in [0.25, 0.3) is 0 Å². The van der Waals surface area contributed by atoms with Gasteiger partial charge >= 0.3 is 0 Å². The molecule has 15 heavy (non-hydrogen) atoms. The Kier molecular flexibility index (Phi) is 5.52. The van der Waals surface area contributed by atoms with E-state index in [2.05, 4.69) is 10.0 Å². The number of sulfonamides is 1. The van der Waals surface area contributed by atoms with E-state index in [9.17, 15) is 8.42 Å². The van der Waals surface area contributed by atoms with E-state index in [1.165, 1.54) is 0 Å². The lowest BCUT2D eigenvalue weighted by Crippen LogP contribution is -2.38. The second-order valence-corrected chi connectivity index (χ2v) is 5.73. The highest BCUT2D eigenvalue weighted by Gasteiger charge is 2.17. The van der Waals surface area contributed by atoms with Crippen LogP contribution in [0.15, 0.2) is 0 Å². The van der Waals surface area contributed by atoms with Crippen LogP contribution in [0.2, 0.25) is 0 Å². The summed E-state index contributed by atoms with van der Waals surface area (Å²) in [6, 6.07) is 0.308. The van der Waals surface area contributed by atoms with Crippen molar-refractivity contribution in [2.24, 2.45) is 0 Å². The van der Waals surface area contributed by atoms with Crippen molar-refractivity contribution < 1.29 is 13.2 Å². The second-order valence-electron chi connectivity index (χ2n) is 3.81. The normalized spacial score (nSPS) is 22.1. The summed E-state index contributed by atoms with van der Waals surface area (Å²) in [6.45, 7) is 1.99. The van der Waals surface area contributed by atoms with Crippen molar-refractivity contribution in [1.82, 2.24) is 10.0 Å². The van der Waals surface area contributed by atoms with Crippen LogP contribution in [-0.2, 0) is 14.8 Å². The number of hydrogen-bond donors (Lipinski definition) is 2. The average Bonchev–Trinajstić information content (AvgIpc) is 2.68. The summed E-state index contributed by atoms with van der Waals surface area (Å²) in [5.74, 6) is 0.146. The smallest absolute Gasteiger partial charge is 0.211 e. The zero-order valence-electron chi connectivity index (χ0n) is 9.16. The molecule has 0 saturated carbocycles. The molecule has 0 spiro atoms. The van der Waals surface area contributed by atoms with Crippen molar-refractivity contribution in [2.45, 2.75) is 25.3 Å². The number of methoxy groups -OCH3 is 1. The van der Waals surface area contributed by atoms with Crippen molar-refractivity contribution in [2.75, 3.05) is 32.6 Å². The van der Waals surface area contributed by atoms with Crippen LogP contribution >= 0.6 is 0 Å². The van der Waals surface area contributed by atoms with E-state index < -0.39 is 10.0 Å². The molecular formula is C9H20N2O3S. The SMILES string of the molecule is COCCCS(=O)(=O)NCC1CCCN1. The van der Waals surface area contributed by atoms with Gasteiger partial charge in [0.15, 0.2) is 0 Å². The summed E-state index contributed by atoms with van der Waals surface area (Å²) in [4.78, 5) is 0. The molecule has 0 aromatic heterocycles. The summed E-state index contributed by atoms with van der Waals surface area (Å²) in [5, 5.41) is 3.24. The molecule has 1 aliphatic rings. The summed E-state index contributed by atoms with van der Waals surface area (Å²) in [6.07, 6.45) is 2.74. The molecule has 1 rings (SSSR count). The first kappa shape index (κ1) is 12.9. The third kappa shape index (κ3) is 5.46. The number of ether oxygens (including phenoxy) is 1. The van der Waals surface area contributed by atoms with Gasteiger partial charge in [0.25, 0.3) is 0 Å². The van der Waals surface area contributed by atoms with E-state index >= 15 is 0 Å². The highest BCUT2D eigenvalue weighted by molar-refractivity contribution is 7.89. The fourth-order valence-electron chi connectivity index (χ4n) is 1.62. The molecule has 0 aromatic rings. The van der Waals surface area contributed by atoms with Crippen LogP contribution in [0, 0.1) is 0 Å². The van der Waals surface area contributed by atoms with Gasteiger partial charge in [-0.15, -0.1) is 0 Å². The lowest BCUT2D eigenvalue weighted by molar-refractivity contribution is 0.199. The van der Waals surface area contributed by atoms with Gasteiger partial charge < -0.3 is 10.1 Å². The molecular weight excluding hydrogens is 216 g/mol. The van der Waals surface area contributed by atoms with Gasteiger partial charge in [0.05, 0.1) is 5.75 Å².